The number of anilines is 1. The van der Waals surface area contributed by atoms with Gasteiger partial charge in [-0.2, -0.15) is 0 Å². The minimum absolute atomic E-state index is 0.154. The molecule has 1 aromatic carbocycles. The van der Waals surface area contributed by atoms with E-state index in [-0.39, 0.29) is 12.0 Å². The van der Waals surface area contributed by atoms with E-state index >= 15 is 0 Å². The molecule has 6 nitrogen and oxygen atoms in total. The predicted molar refractivity (Wildman–Crippen MR) is 114 cm³/mol. The molecule has 0 spiro atoms. The largest absolute Gasteiger partial charge is 0.437 e. The van der Waals surface area contributed by atoms with Crippen LogP contribution in [-0.4, -0.2) is 46.5 Å². The first-order chi connectivity index (χ1) is 14.1. The third kappa shape index (κ3) is 4.64. The standard InChI is InChI=1S/C22H27ClN4O2/c1-16-14-26(11-12-27(16)22(28)17-7-3-2-4-8-17)20-13-21(25-15-24-20)29-19-10-6-5-9-18(19)23/h5-6,9-10,13,15-17H,2-4,7-8,11-12,14H2,1H3/t16-/m1/s1. The molecule has 2 aliphatic rings. The number of piperazine rings is 1. The molecule has 1 saturated carbocycles. The Kier molecular flexibility index (Phi) is 6.19. The molecule has 1 aromatic heterocycles. The topological polar surface area (TPSA) is 58.6 Å². The lowest BCUT2D eigenvalue weighted by Gasteiger charge is -2.42. The van der Waals surface area contributed by atoms with Crippen LogP contribution < -0.4 is 9.64 Å². The van der Waals surface area contributed by atoms with E-state index in [0.29, 0.717) is 22.6 Å². The highest BCUT2D eigenvalue weighted by molar-refractivity contribution is 6.32. The summed E-state index contributed by atoms with van der Waals surface area (Å²) >= 11 is 6.18. The average molecular weight is 415 g/mol. The van der Waals surface area contributed by atoms with Crippen molar-refractivity contribution in [3.05, 3.63) is 41.7 Å². The molecule has 2 heterocycles. The number of hydrogen-bond acceptors (Lipinski definition) is 5. The zero-order valence-corrected chi connectivity index (χ0v) is 17.5. The quantitative estimate of drug-likeness (QED) is 0.735. The predicted octanol–water partition coefficient (Wildman–Crippen LogP) is 4.54. The third-order valence-electron chi connectivity index (χ3n) is 5.87. The van der Waals surface area contributed by atoms with Gasteiger partial charge in [0, 0.05) is 37.7 Å². The summed E-state index contributed by atoms with van der Waals surface area (Å²) in [5, 5.41) is 0.538. The van der Waals surface area contributed by atoms with Crippen molar-refractivity contribution >= 4 is 23.3 Å². The Morgan fingerprint density at radius 1 is 1.14 bits per heavy atom. The second-order valence-electron chi connectivity index (χ2n) is 7.91. The Hall–Kier alpha value is -2.34. The van der Waals surface area contributed by atoms with Crippen LogP contribution in [0.1, 0.15) is 39.0 Å². The Bertz CT molecular complexity index is 856. The molecule has 0 unspecified atom stereocenters. The van der Waals surface area contributed by atoms with Gasteiger partial charge in [0.1, 0.15) is 17.9 Å². The van der Waals surface area contributed by atoms with Crippen molar-refractivity contribution in [1.82, 2.24) is 14.9 Å². The van der Waals surface area contributed by atoms with Gasteiger partial charge in [-0.15, -0.1) is 0 Å². The number of para-hydroxylation sites is 1. The smallest absolute Gasteiger partial charge is 0.226 e. The summed E-state index contributed by atoms with van der Waals surface area (Å²) < 4.78 is 5.83. The first kappa shape index (κ1) is 20.0. The van der Waals surface area contributed by atoms with Gasteiger partial charge in [0.2, 0.25) is 11.8 Å². The molecule has 0 bridgehead atoms. The van der Waals surface area contributed by atoms with Crippen molar-refractivity contribution in [2.45, 2.75) is 45.1 Å². The highest BCUT2D eigenvalue weighted by atomic mass is 35.5. The lowest BCUT2D eigenvalue weighted by atomic mass is 9.88. The molecule has 0 radical (unpaired) electrons. The van der Waals surface area contributed by atoms with Gasteiger partial charge in [0.05, 0.1) is 5.02 Å². The summed E-state index contributed by atoms with van der Waals surface area (Å²) in [7, 11) is 0. The molecule has 2 fully saturated rings. The van der Waals surface area contributed by atoms with Gasteiger partial charge in [0.25, 0.3) is 0 Å². The monoisotopic (exact) mass is 414 g/mol. The number of benzene rings is 1. The summed E-state index contributed by atoms with van der Waals surface area (Å²) in [4.78, 5) is 25.8. The molecule has 4 rings (SSSR count). The van der Waals surface area contributed by atoms with Crippen molar-refractivity contribution in [1.29, 1.82) is 0 Å². The van der Waals surface area contributed by atoms with Gasteiger partial charge in [-0.05, 0) is 31.9 Å². The van der Waals surface area contributed by atoms with Crippen LogP contribution in [0.2, 0.25) is 5.02 Å². The molecule has 1 amide bonds. The van der Waals surface area contributed by atoms with Gasteiger partial charge >= 0.3 is 0 Å². The highest BCUT2D eigenvalue weighted by Crippen LogP contribution is 2.30. The van der Waals surface area contributed by atoms with E-state index in [1.54, 1.807) is 6.07 Å². The minimum atomic E-state index is 0.154. The van der Waals surface area contributed by atoms with E-state index in [4.69, 9.17) is 16.3 Å². The van der Waals surface area contributed by atoms with Crippen LogP contribution >= 0.6 is 11.6 Å². The van der Waals surface area contributed by atoms with Crippen LogP contribution in [0.3, 0.4) is 0 Å². The number of hydrogen-bond donors (Lipinski definition) is 0. The van der Waals surface area contributed by atoms with Gasteiger partial charge < -0.3 is 14.5 Å². The van der Waals surface area contributed by atoms with Crippen molar-refractivity contribution in [2.24, 2.45) is 5.92 Å². The van der Waals surface area contributed by atoms with E-state index in [9.17, 15) is 4.79 Å². The van der Waals surface area contributed by atoms with Crippen molar-refractivity contribution in [2.75, 3.05) is 24.5 Å². The van der Waals surface area contributed by atoms with Crippen LogP contribution in [0.25, 0.3) is 0 Å². The van der Waals surface area contributed by atoms with E-state index in [0.717, 1.165) is 38.3 Å². The maximum absolute atomic E-state index is 12.9. The van der Waals surface area contributed by atoms with Crippen LogP contribution in [0.15, 0.2) is 36.7 Å². The minimum Gasteiger partial charge on any atom is -0.437 e. The lowest BCUT2D eigenvalue weighted by molar-refractivity contribution is -0.139. The fraction of sp³-hybridized carbons (Fsp3) is 0.500. The molecule has 1 aliphatic heterocycles. The van der Waals surface area contributed by atoms with Gasteiger partial charge in [-0.1, -0.05) is 43.0 Å². The number of amides is 1. The maximum atomic E-state index is 12.9. The summed E-state index contributed by atoms with van der Waals surface area (Å²) in [5.74, 6) is 2.37. The fourth-order valence-electron chi connectivity index (χ4n) is 4.28. The average Bonchev–Trinajstić information content (AvgIpc) is 2.76. The number of nitrogens with zero attached hydrogens (tertiary/aromatic N) is 4. The van der Waals surface area contributed by atoms with Crippen LogP contribution in [0, 0.1) is 5.92 Å². The second kappa shape index (κ2) is 8.99. The molecule has 154 valence electrons. The SMILES string of the molecule is C[C@@H]1CN(c2cc(Oc3ccccc3Cl)ncn2)CCN1C(=O)C1CCCCC1. The lowest BCUT2D eigenvalue weighted by Crippen LogP contribution is -2.55. The fourth-order valence-corrected chi connectivity index (χ4v) is 4.45. The van der Waals surface area contributed by atoms with Crippen molar-refractivity contribution in [3.8, 4) is 11.6 Å². The van der Waals surface area contributed by atoms with E-state index in [2.05, 4.69) is 26.7 Å². The Morgan fingerprint density at radius 3 is 2.69 bits per heavy atom. The zero-order chi connectivity index (χ0) is 20.2. The van der Waals surface area contributed by atoms with E-state index < -0.39 is 0 Å². The number of aromatic nitrogens is 2. The van der Waals surface area contributed by atoms with Crippen molar-refractivity contribution in [3.63, 3.8) is 0 Å². The number of rotatable bonds is 4. The normalized spacial score (nSPS) is 20.6. The number of carbonyl (C=O) groups is 1. The molecular weight excluding hydrogens is 388 g/mol. The summed E-state index contributed by atoms with van der Waals surface area (Å²) in [5.41, 5.74) is 0. The van der Waals surface area contributed by atoms with Crippen molar-refractivity contribution < 1.29 is 9.53 Å². The molecular formula is C22H27ClN4O2. The first-order valence-electron chi connectivity index (χ1n) is 10.4. The molecule has 1 atom stereocenters. The molecule has 1 saturated heterocycles. The van der Waals surface area contributed by atoms with Gasteiger partial charge in [0.15, 0.2) is 0 Å². The number of carbonyl (C=O) groups excluding carboxylic acids is 1. The molecule has 0 N–H and O–H groups in total. The summed E-state index contributed by atoms with van der Waals surface area (Å²) in [6, 6.07) is 9.30. The maximum Gasteiger partial charge on any atom is 0.226 e. The molecule has 7 heteroatoms. The first-order valence-corrected chi connectivity index (χ1v) is 10.8. The van der Waals surface area contributed by atoms with Crippen LogP contribution in [0.4, 0.5) is 5.82 Å². The van der Waals surface area contributed by atoms with Crippen LogP contribution in [0.5, 0.6) is 11.6 Å². The highest BCUT2D eigenvalue weighted by Gasteiger charge is 2.32. The Morgan fingerprint density at radius 2 is 1.93 bits per heavy atom. The zero-order valence-electron chi connectivity index (χ0n) is 16.8. The third-order valence-corrected chi connectivity index (χ3v) is 6.18. The summed E-state index contributed by atoms with van der Waals surface area (Å²) in [6.07, 6.45) is 7.21. The molecule has 2 aromatic rings. The van der Waals surface area contributed by atoms with E-state index in [1.165, 1.54) is 25.6 Å². The second-order valence-corrected chi connectivity index (χ2v) is 8.32. The summed E-state index contributed by atoms with van der Waals surface area (Å²) in [6.45, 7) is 4.35. The Labute approximate surface area is 176 Å². The number of ether oxygens (including phenoxy) is 1. The van der Waals surface area contributed by atoms with Gasteiger partial charge in [-0.3, -0.25) is 4.79 Å². The van der Waals surface area contributed by atoms with Crippen LogP contribution in [-0.2, 0) is 4.79 Å². The molecule has 29 heavy (non-hydrogen) atoms. The Balaban J connectivity index is 1.41. The van der Waals surface area contributed by atoms with E-state index in [1.807, 2.05) is 24.3 Å². The molecule has 1 aliphatic carbocycles. The van der Waals surface area contributed by atoms with Gasteiger partial charge in [-0.25, -0.2) is 9.97 Å². The number of halogens is 1.